The largest absolute Gasteiger partial charge is 0.373 e. The molecule has 3 rings (SSSR count). The van der Waals surface area contributed by atoms with Gasteiger partial charge in [-0.3, -0.25) is 4.79 Å². The van der Waals surface area contributed by atoms with Gasteiger partial charge in [-0.1, -0.05) is 31.9 Å². The van der Waals surface area contributed by atoms with Gasteiger partial charge in [-0.2, -0.15) is 0 Å². The molecule has 1 aromatic carbocycles. The minimum Gasteiger partial charge on any atom is -0.373 e. The van der Waals surface area contributed by atoms with E-state index < -0.39 is 0 Å². The molecule has 1 spiro atoms. The van der Waals surface area contributed by atoms with Gasteiger partial charge in [0, 0.05) is 24.7 Å². The van der Waals surface area contributed by atoms with Crippen LogP contribution in [0.1, 0.15) is 51.0 Å². The molecule has 2 fully saturated rings. The molecular formula is C19H28N2O2. The van der Waals surface area contributed by atoms with Crippen molar-refractivity contribution in [3.05, 3.63) is 29.8 Å². The molecule has 0 bridgehead atoms. The zero-order valence-corrected chi connectivity index (χ0v) is 14.1. The maximum atomic E-state index is 12.0. The smallest absolute Gasteiger partial charge is 0.225 e. The third-order valence-electron chi connectivity index (χ3n) is 5.15. The van der Waals surface area contributed by atoms with E-state index in [-0.39, 0.29) is 11.5 Å². The van der Waals surface area contributed by atoms with E-state index in [1.807, 2.05) is 12.1 Å². The highest BCUT2D eigenvalue weighted by Crippen LogP contribution is 2.40. The Morgan fingerprint density at radius 3 is 2.70 bits per heavy atom. The predicted octanol–water partition coefficient (Wildman–Crippen LogP) is 3.27. The van der Waals surface area contributed by atoms with Gasteiger partial charge in [0.1, 0.15) is 0 Å². The van der Waals surface area contributed by atoms with E-state index in [1.54, 1.807) is 0 Å². The molecule has 4 nitrogen and oxygen atoms in total. The number of benzene rings is 1. The molecule has 0 radical (unpaired) electrons. The Morgan fingerprint density at radius 1 is 1.26 bits per heavy atom. The summed E-state index contributed by atoms with van der Waals surface area (Å²) in [6, 6.07) is 8.47. The summed E-state index contributed by atoms with van der Waals surface area (Å²) < 4.78 is 6.03. The van der Waals surface area contributed by atoms with E-state index in [1.165, 1.54) is 31.2 Å². The van der Waals surface area contributed by atoms with E-state index in [2.05, 4.69) is 29.7 Å². The van der Waals surface area contributed by atoms with Crippen LogP contribution in [0.15, 0.2) is 24.3 Å². The fraction of sp³-hybridized carbons (Fsp3) is 0.632. The minimum absolute atomic E-state index is 0.0660. The lowest BCUT2D eigenvalue weighted by atomic mass is 9.96. The van der Waals surface area contributed by atoms with Gasteiger partial charge in [0.25, 0.3) is 0 Å². The normalized spacial score (nSPS) is 22.6. The van der Waals surface area contributed by atoms with Crippen LogP contribution in [0.5, 0.6) is 0 Å². The Labute approximate surface area is 139 Å². The SMILES string of the molecule is CCc1ccc(NC(=O)CCN[C@@H]2COC3(CCCC3)C2)cc1. The van der Waals surface area contributed by atoms with E-state index in [0.717, 1.165) is 25.1 Å². The lowest BCUT2D eigenvalue weighted by Gasteiger charge is -2.21. The number of anilines is 1. The quantitative estimate of drug-likeness (QED) is 0.847. The number of carbonyl (C=O) groups is 1. The molecule has 1 aliphatic carbocycles. The maximum Gasteiger partial charge on any atom is 0.225 e. The number of carbonyl (C=O) groups excluding carboxylic acids is 1. The highest BCUT2D eigenvalue weighted by molar-refractivity contribution is 5.90. The van der Waals surface area contributed by atoms with Crippen molar-refractivity contribution in [1.29, 1.82) is 0 Å². The van der Waals surface area contributed by atoms with Crippen LogP contribution in [0.25, 0.3) is 0 Å². The van der Waals surface area contributed by atoms with E-state index >= 15 is 0 Å². The molecule has 126 valence electrons. The van der Waals surface area contributed by atoms with Crippen molar-refractivity contribution in [2.75, 3.05) is 18.5 Å². The minimum atomic E-state index is 0.0660. The molecule has 23 heavy (non-hydrogen) atoms. The predicted molar refractivity (Wildman–Crippen MR) is 92.6 cm³/mol. The molecule has 1 heterocycles. The first-order valence-electron chi connectivity index (χ1n) is 8.95. The van der Waals surface area contributed by atoms with Gasteiger partial charge in [-0.15, -0.1) is 0 Å². The summed E-state index contributed by atoms with van der Waals surface area (Å²) in [5.74, 6) is 0.0660. The van der Waals surface area contributed by atoms with Gasteiger partial charge in [0.05, 0.1) is 12.2 Å². The van der Waals surface area contributed by atoms with Crippen LogP contribution in [-0.4, -0.2) is 30.7 Å². The second-order valence-corrected chi connectivity index (χ2v) is 6.90. The van der Waals surface area contributed by atoms with Gasteiger partial charge >= 0.3 is 0 Å². The first-order chi connectivity index (χ1) is 11.2. The van der Waals surface area contributed by atoms with Crippen molar-refractivity contribution < 1.29 is 9.53 Å². The summed E-state index contributed by atoms with van der Waals surface area (Å²) in [5, 5.41) is 6.44. The number of hydrogen-bond acceptors (Lipinski definition) is 3. The van der Waals surface area contributed by atoms with Crippen LogP contribution in [0, 0.1) is 0 Å². The fourth-order valence-corrected chi connectivity index (χ4v) is 3.78. The van der Waals surface area contributed by atoms with Gasteiger partial charge < -0.3 is 15.4 Å². The second kappa shape index (κ2) is 7.45. The van der Waals surface area contributed by atoms with Gasteiger partial charge in [0.2, 0.25) is 5.91 Å². The Kier molecular flexibility index (Phi) is 5.34. The standard InChI is InChI=1S/C19H28N2O2/c1-2-15-5-7-16(8-6-15)21-18(22)9-12-20-17-13-19(23-14-17)10-3-4-11-19/h5-8,17,20H,2-4,9-14H2,1H3,(H,21,22)/t17-/m0/s1. The average molecular weight is 316 g/mol. The second-order valence-electron chi connectivity index (χ2n) is 6.90. The summed E-state index contributed by atoms with van der Waals surface area (Å²) in [5.41, 5.74) is 2.31. The van der Waals surface area contributed by atoms with Crippen LogP contribution in [0.2, 0.25) is 0 Å². The van der Waals surface area contributed by atoms with Crippen molar-refractivity contribution in [3.8, 4) is 0 Å². The first-order valence-corrected chi connectivity index (χ1v) is 8.95. The van der Waals surface area contributed by atoms with Crippen LogP contribution in [0.3, 0.4) is 0 Å². The van der Waals surface area contributed by atoms with Crippen LogP contribution in [0.4, 0.5) is 5.69 Å². The molecular weight excluding hydrogens is 288 g/mol. The fourth-order valence-electron chi connectivity index (χ4n) is 3.78. The zero-order valence-electron chi connectivity index (χ0n) is 14.1. The number of rotatable bonds is 6. The lowest BCUT2D eigenvalue weighted by Crippen LogP contribution is -2.33. The molecule has 2 aliphatic rings. The number of nitrogens with one attached hydrogen (secondary N) is 2. The Morgan fingerprint density at radius 2 is 2.00 bits per heavy atom. The zero-order chi connectivity index (χ0) is 16.1. The Bertz CT molecular complexity index is 521. The number of ether oxygens (including phenoxy) is 1. The highest BCUT2D eigenvalue weighted by atomic mass is 16.5. The van der Waals surface area contributed by atoms with Crippen molar-refractivity contribution in [2.24, 2.45) is 0 Å². The number of amides is 1. The van der Waals surface area contributed by atoms with Crippen molar-refractivity contribution in [1.82, 2.24) is 5.32 Å². The molecule has 0 unspecified atom stereocenters. The lowest BCUT2D eigenvalue weighted by molar-refractivity contribution is -0.116. The molecule has 1 saturated carbocycles. The molecule has 1 amide bonds. The average Bonchev–Trinajstić information content (AvgIpc) is 3.18. The third-order valence-corrected chi connectivity index (χ3v) is 5.15. The highest BCUT2D eigenvalue weighted by Gasteiger charge is 2.42. The third kappa shape index (κ3) is 4.33. The van der Waals surface area contributed by atoms with E-state index in [4.69, 9.17) is 4.74 Å². The number of hydrogen-bond donors (Lipinski definition) is 2. The molecule has 1 saturated heterocycles. The van der Waals surface area contributed by atoms with Gasteiger partial charge in [-0.25, -0.2) is 0 Å². The summed E-state index contributed by atoms with van der Waals surface area (Å²) in [7, 11) is 0. The van der Waals surface area contributed by atoms with Crippen molar-refractivity contribution in [3.63, 3.8) is 0 Å². The monoisotopic (exact) mass is 316 g/mol. The van der Waals surface area contributed by atoms with Crippen LogP contribution in [-0.2, 0) is 16.0 Å². The summed E-state index contributed by atoms with van der Waals surface area (Å²) in [4.78, 5) is 12.0. The topological polar surface area (TPSA) is 50.4 Å². The molecule has 2 N–H and O–H groups in total. The first kappa shape index (κ1) is 16.5. The van der Waals surface area contributed by atoms with Gasteiger partial charge in [-0.05, 0) is 43.4 Å². The van der Waals surface area contributed by atoms with Crippen molar-refractivity contribution >= 4 is 11.6 Å². The van der Waals surface area contributed by atoms with E-state index in [9.17, 15) is 4.79 Å². The summed E-state index contributed by atoms with van der Waals surface area (Å²) in [6.45, 7) is 3.63. The van der Waals surface area contributed by atoms with Crippen LogP contribution >= 0.6 is 0 Å². The summed E-state index contributed by atoms with van der Waals surface area (Å²) >= 11 is 0. The summed E-state index contributed by atoms with van der Waals surface area (Å²) in [6.07, 6.45) is 7.63. The van der Waals surface area contributed by atoms with Crippen LogP contribution < -0.4 is 10.6 Å². The number of aryl methyl sites for hydroxylation is 1. The van der Waals surface area contributed by atoms with E-state index in [0.29, 0.717) is 19.0 Å². The van der Waals surface area contributed by atoms with Crippen molar-refractivity contribution in [2.45, 2.75) is 63.5 Å². The molecule has 4 heteroatoms. The molecule has 1 atom stereocenters. The Balaban J connectivity index is 1.36. The molecule has 1 aromatic rings. The Hall–Kier alpha value is -1.39. The maximum absolute atomic E-state index is 12.0. The molecule has 0 aromatic heterocycles. The van der Waals surface area contributed by atoms with Gasteiger partial charge in [0.15, 0.2) is 0 Å². The molecule has 1 aliphatic heterocycles.